The van der Waals surface area contributed by atoms with Crippen LogP contribution in [0.25, 0.3) is 0 Å². The van der Waals surface area contributed by atoms with Crippen molar-refractivity contribution in [2.75, 3.05) is 6.54 Å². The first-order valence-corrected chi connectivity index (χ1v) is 3.47. The second-order valence-corrected chi connectivity index (χ2v) is 2.55. The van der Waals surface area contributed by atoms with Crippen LogP contribution in [0.2, 0.25) is 0 Å². The molecule has 0 atom stereocenters. The van der Waals surface area contributed by atoms with Crippen molar-refractivity contribution in [2.45, 2.75) is 0 Å². The molecule has 1 aliphatic heterocycles. The predicted octanol–water partition coefficient (Wildman–Crippen LogP) is 1.55. The summed E-state index contributed by atoms with van der Waals surface area (Å²) in [5.74, 6) is 0. The lowest BCUT2D eigenvalue weighted by molar-refractivity contribution is 1.57. The Morgan fingerprint density at radius 1 is 1.62 bits per heavy atom. The molecule has 0 radical (unpaired) electrons. The van der Waals surface area contributed by atoms with Crippen LogP contribution in [0, 0.1) is 0 Å². The van der Waals surface area contributed by atoms with Gasteiger partial charge in [-0.25, -0.2) is 0 Å². The van der Waals surface area contributed by atoms with Gasteiger partial charge in [-0.1, -0.05) is 0 Å². The van der Waals surface area contributed by atoms with Gasteiger partial charge in [0.1, 0.15) is 0 Å². The highest BCUT2D eigenvalue weighted by Crippen LogP contribution is 2.13. The average molecular weight is 123 g/mol. The molecule has 0 spiro atoms. The summed E-state index contributed by atoms with van der Waals surface area (Å²) in [6, 6.07) is 2.11. The van der Waals surface area contributed by atoms with Gasteiger partial charge in [-0.3, -0.25) is 4.99 Å². The lowest BCUT2D eigenvalue weighted by atomic mass is 10.3. The second kappa shape index (κ2) is 1.42. The highest BCUT2D eigenvalue weighted by atomic mass is 32.1. The first-order valence-electron chi connectivity index (χ1n) is 2.53. The minimum absolute atomic E-state index is 0.969. The Labute approximate surface area is 51.7 Å². The Morgan fingerprint density at radius 2 is 2.50 bits per heavy atom. The molecule has 0 unspecified atom stereocenters. The molecular formula is C6H5NS. The Hall–Kier alpha value is -0.630. The molecular weight excluding hydrogens is 118 g/mol. The average Bonchev–Trinajstić information content (AvgIpc) is 2.49. The van der Waals surface area contributed by atoms with Crippen molar-refractivity contribution in [3.63, 3.8) is 0 Å². The Balaban J connectivity index is 2.41. The minimum atomic E-state index is 0.969. The molecule has 40 valence electrons. The summed E-state index contributed by atoms with van der Waals surface area (Å²) in [7, 11) is 0. The lowest BCUT2D eigenvalue weighted by Gasteiger charge is -1.73. The zero-order chi connectivity index (χ0) is 5.40. The topological polar surface area (TPSA) is 12.4 Å². The summed E-state index contributed by atoms with van der Waals surface area (Å²) in [4.78, 5) is 4.07. The summed E-state index contributed by atoms with van der Waals surface area (Å²) in [5, 5.41) is 4.21. The number of hydrogen-bond acceptors (Lipinski definition) is 2. The van der Waals surface area contributed by atoms with E-state index in [4.69, 9.17) is 0 Å². The Morgan fingerprint density at radius 3 is 3.00 bits per heavy atom. The van der Waals surface area contributed by atoms with Gasteiger partial charge in [0.25, 0.3) is 0 Å². The van der Waals surface area contributed by atoms with Crippen LogP contribution in [0.4, 0.5) is 0 Å². The van der Waals surface area contributed by atoms with E-state index in [9.17, 15) is 0 Å². The number of thiophene rings is 1. The van der Waals surface area contributed by atoms with Crippen LogP contribution in [0.1, 0.15) is 5.56 Å². The van der Waals surface area contributed by atoms with Crippen molar-refractivity contribution >= 4 is 17.0 Å². The van der Waals surface area contributed by atoms with Gasteiger partial charge in [0, 0.05) is 5.56 Å². The molecule has 0 fully saturated rings. The first kappa shape index (κ1) is 4.27. The molecule has 2 heteroatoms. The van der Waals surface area contributed by atoms with E-state index in [2.05, 4.69) is 21.8 Å². The van der Waals surface area contributed by atoms with Gasteiger partial charge >= 0.3 is 0 Å². The van der Waals surface area contributed by atoms with E-state index in [-0.39, 0.29) is 0 Å². The van der Waals surface area contributed by atoms with Crippen LogP contribution in [0.15, 0.2) is 21.8 Å². The molecule has 2 heterocycles. The quantitative estimate of drug-likeness (QED) is 0.537. The highest BCUT2D eigenvalue weighted by Gasteiger charge is 2.11. The molecule has 0 amide bonds. The smallest absolute Gasteiger partial charge is 0.0818 e. The number of rotatable bonds is 1. The number of nitrogens with zero attached hydrogens (tertiary/aromatic N) is 1. The summed E-state index contributed by atoms with van der Waals surface area (Å²) in [6.45, 7) is 0.969. The van der Waals surface area contributed by atoms with Crippen LogP contribution in [-0.2, 0) is 0 Å². The van der Waals surface area contributed by atoms with E-state index in [0.717, 1.165) is 6.54 Å². The molecule has 8 heavy (non-hydrogen) atoms. The molecule has 0 saturated carbocycles. The first-order chi connectivity index (χ1) is 3.97. The molecule has 1 nitrogen and oxygen atoms in total. The third-order valence-electron chi connectivity index (χ3n) is 1.17. The molecule has 0 bridgehead atoms. The predicted molar refractivity (Wildman–Crippen MR) is 35.7 cm³/mol. The maximum Gasteiger partial charge on any atom is 0.0818 e. The fourth-order valence-electron chi connectivity index (χ4n) is 0.651. The van der Waals surface area contributed by atoms with Gasteiger partial charge < -0.3 is 0 Å². The highest BCUT2D eigenvalue weighted by molar-refractivity contribution is 7.08. The van der Waals surface area contributed by atoms with Gasteiger partial charge in [0.2, 0.25) is 0 Å². The fraction of sp³-hybridized carbons (Fsp3) is 0.167. The van der Waals surface area contributed by atoms with Crippen LogP contribution in [0.5, 0.6) is 0 Å². The van der Waals surface area contributed by atoms with Crippen molar-refractivity contribution in [2.24, 2.45) is 4.99 Å². The third-order valence-corrected chi connectivity index (χ3v) is 1.85. The van der Waals surface area contributed by atoms with E-state index in [1.54, 1.807) is 11.3 Å². The van der Waals surface area contributed by atoms with E-state index >= 15 is 0 Å². The van der Waals surface area contributed by atoms with Crippen molar-refractivity contribution < 1.29 is 0 Å². The number of hydrogen-bond donors (Lipinski definition) is 0. The summed E-state index contributed by atoms with van der Waals surface area (Å²) >= 11 is 1.73. The summed E-state index contributed by atoms with van der Waals surface area (Å²) in [6.07, 6.45) is 0. The lowest BCUT2D eigenvalue weighted by Crippen LogP contribution is -1.79. The fourth-order valence-corrected chi connectivity index (χ4v) is 1.32. The van der Waals surface area contributed by atoms with Crippen molar-refractivity contribution in [1.29, 1.82) is 0 Å². The normalized spacial score (nSPS) is 15.8. The molecule has 0 saturated heterocycles. The minimum Gasteiger partial charge on any atom is -0.281 e. The zero-order valence-electron chi connectivity index (χ0n) is 4.29. The zero-order valence-corrected chi connectivity index (χ0v) is 5.11. The maximum absolute atomic E-state index is 4.07. The molecule has 1 aliphatic rings. The van der Waals surface area contributed by atoms with Crippen molar-refractivity contribution in [3.8, 4) is 0 Å². The maximum atomic E-state index is 4.07. The molecule has 0 N–H and O–H groups in total. The monoisotopic (exact) mass is 123 g/mol. The summed E-state index contributed by atoms with van der Waals surface area (Å²) < 4.78 is 0. The van der Waals surface area contributed by atoms with E-state index < -0.39 is 0 Å². The molecule has 2 rings (SSSR count). The second-order valence-electron chi connectivity index (χ2n) is 1.77. The summed E-state index contributed by atoms with van der Waals surface area (Å²) in [5.41, 5.74) is 2.58. The standard InChI is InChI=1S/C6H5NS/c1-2-8-4-5(1)6-3-7-6/h1-2,4H,3H2. The van der Waals surface area contributed by atoms with Crippen molar-refractivity contribution in [1.82, 2.24) is 0 Å². The van der Waals surface area contributed by atoms with Gasteiger partial charge in [-0.05, 0) is 16.8 Å². The van der Waals surface area contributed by atoms with Crippen LogP contribution >= 0.6 is 11.3 Å². The Bertz CT molecular complexity index is 210. The van der Waals surface area contributed by atoms with E-state index in [0.29, 0.717) is 0 Å². The van der Waals surface area contributed by atoms with Gasteiger partial charge in [0.05, 0.1) is 12.3 Å². The van der Waals surface area contributed by atoms with Gasteiger partial charge in [0.15, 0.2) is 0 Å². The van der Waals surface area contributed by atoms with E-state index in [1.165, 1.54) is 11.3 Å². The number of aliphatic imine (C=N–C) groups is 1. The van der Waals surface area contributed by atoms with Crippen molar-refractivity contribution in [3.05, 3.63) is 22.4 Å². The third kappa shape index (κ3) is 0.574. The van der Waals surface area contributed by atoms with E-state index in [1.807, 2.05) is 0 Å². The van der Waals surface area contributed by atoms with Gasteiger partial charge in [-0.15, -0.1) is 0 Å². The molecule has 1 aromatic rings. The molecule has 0 aliphatic carbocycles. The Kier molecular flexibility index (Phi) is 0.758. The van der Waals surface area contributed by atoms with Crippen LogP contribution in [0.3, 0.4) is 0 Å². The molecule has 0 aromatic carbocycles. The molecule has 1 aromatic heterocycles. The SMILES string of the molecule is c1cc(C2=NC2)cs1. The van der Waals surface area contributed by atoms with Crippen LogP contribution in [-0.4, -0.2) is 12.3 Å². The van der Waals surface area contributed by atoms with Gasteiger partial charge in [-0.2, -0.15) is 11.3 Å². The largest absolute Gasteiger partial charge is 0.281 e. The van der Waals surface area contributed by atoms with Crippen LogP contribution < -0.4 is 0 Å².